The summed E-state index contributed by atoms with van der Waals surface area (Å²) in [7, 11) is 0. The van der Waals surface area contributed by atoms with E-state index in [2.05, 4.69) is 5.10 Å². The molecule has 2 aromatic rings. The summed E-state index contributed by atoms with van der Waals surface area (Å²) in [5, 5.41) is 12.8. The lowest BCUT2D eigenvalue weighted by Crippen LogP contribution is -1.98. The summed E-state index contributed by atoms with van der Waals surface area (Å²) in [6.07, 6.45) is 2.46. The molecule has 14 heavy (non-hydrogen) atoms. The minimum Gasteiger partial charge on any atom is -0.481 e. The van der Waals surface area contributed by atoms with E-state index in [1.807, 2.05) is 30.5 Å². The molecule has 0 saturated heterocycles. The number of pyridine rings is 1. The van der Waals surface area contributed by atoms with E-state index < -0.39 is 5.97 Å². The van der Waals surface area contributed by atoms with E-state index in [0.29, 0.717) is 6.42 Å². The number of fused-ring (bicyclic) bond motifs is 1. The Kier molecular flexibility index (Phi) is 2.18. The first kappa shape index (κ1) is 8.74. The van der Waals surface area contributed by atoms with Crippen molar-refractivity contribution in [2.75, 3.05) is 0 Å². The highest BCUT2D eigenvalue weighted by molar-refractivity contribution is 5.67. The van der Waals surface area contributed by atoms with Gasteiger partial charge in [-0.25, -0.2) is 4.52 Å². The molecule has 0 radical (unpaired) electrons. The second kappa shape index (κ2) is 3.49. The lowest BCUT2D eigenvalue weighted by molar-refractivity contribution is -0.136. The summed E-state index contributed by atoms with van der Waals surface area (Å²) in [5.41, 5.74) is 1.81. The maximum Gasteiger partial charge on any atom is 0.303 e. The van der Waals surface area contributed by atoms with Gasteiger partial charge in [0.1, 0.15) is 0 Å². The highest BCUT2D eigenvalue weighted by atomic mass is 16.4. The standard InChI is InChI=1S/C10H10N2O2/c13-10(14)5-4-8-7-9-3-1-2-6-12(9)11-8/h1-3,6-7H,4-5H2,(H,13,14). The normalized spacial score (nSPS) is 10.6. The summed E-state index contributed by atoms with van der Waals surface area (Å²) in [6.45, 7) is 0. The zero-order valence-corrected chi connectivity index (χ0v) is 7.55. The van der Waals surface area contributed by atoms with Crippen LogP contribution in [0.1, 0.15) is 12.1 Å². The predicted octanol–water partition coefficient (Wildman–Crippen LogP) is 1.35. The molecule has 0 atom stereocenters. The summed E-state index contributed by atoms with van der Waals surface area (Å²) in [5.74, 6) is -0.790. The SMILES string of the molecule is O=C(O)CCc1cc2ccccn2n1. The zero-order chi connectivity index (χ0) is 9.97. The highest BCUT2D eigenvalue weighted by Gasteiger charge is 2.03. The molecule has 0 fully saturated rings. The van der Waals surface area contributed by atoms with Crippen molar-refractivity contribution in [2.24, 2.45) is 0 Å². The lowest BCUT2D eigenvalue weighted by atomic mass is 10.2. The number of aryl methyl sites for hydroxylation is 1. The summed E-state index contributed by atoms with van der Waals surface area (Å²) in [6, 6.07) is 7.67. The van der Waals surface area contributed by atoms with Gasteiger partial charge in [-0.3, -0.25) is 4.79 Å². The van der Waals surface area contributed by atoms with Crippen LogP contribution in [0.15, 0.2) is 30.5 Å². The van der Waals surface area contributed by atoms with E-state index in [1.165, 1.54) is 0 Å². The number of carbonyl (C=O) groups is 1. The van der Waals surface area contributed by atoms with Crippen molar-refractivity contribution < 1.29 is 9.90 Å². The molecular formula is C10H10N2O2. The van der Waals surface area contributed by atoms with Gasteiger partial charge in [-0.05, 0) is 18.2 Å². The number of aliphatic carboxylic acids is 1. The molecule has 0 amide bonds. The molecule has 4 nitrogen and oxygen atoms in total. The maximum atomic E-state index is 10.4. The van der Waals surface area contributed by atoms with Crippen LogP contribution in [0.3, 0.4) is 0 Å². The van der Waals surface area contributed by atoms with Gasteiger partial charge in [0.05, 0.1) is 17.6 Å². The number of carboxylic acid groups (broad SMARTS) is 1. The smallest absolute Gasteiger partial charge is 0.303 e. The number of nitrogens with zero attached hydrogens (tertiary/aromatic N) is 2. The second-order valence-corrected chi connectivity index (χ2v) is 3.10. The van der Waals surface area contributed by atoms with E-state index >= 15 is 0 Å². The monoisotopic (exact) mass is 190 g/mol. The van der Waals surface area contributed by atoms with Gasteiger partial charge in [-0.1, -0.05) is 6.07 Å². The van der Waals surface area contributed by atoms with Gasteiger partial charge in [0, 0.05) is 12.6 Å². The second-order valence-electron chi connectivity index (χ2n) is 3.10. The third-order valence-electron chi connectivity index (χ3n) is 2.02. The van der Waals surface area contributed by atoms with Gasteiger partial charge in [0.2, 0.25) is 0 Å². The van der Waals surface area contributed by atoms with Crippen molar-refractivity contribution in [2.45, 2.75) is 12.8 Å². The Hall–Kier alpha value is -1.84. The van der Waals surface area contributed by atoms with Gasteiger partial charge >= 0.3 is 5.97 Å². The molecule has 0 aromatic carbocycles. The third-order valence-corrected chi connectivity index (χ3v) is 2.02. The first-order chi connectivity index (χ1) is 6.75. The molecule has 1 N–H and O–H groups in total. The third kappa shape index (κ3) is 1.74. The predicted molar refractivity (Wildman–Crippen MR) is 51.1 cm³/mol. The van der Waals surface area contributed by atoms with Crippen LogP contribution in [0.25, 0.3) is 5.52 Å². The van der Waals surface area contributed by atoms with Crippen molar-refractivity contribution >= 4 is 11.5 Å². The number of hydrogen-bond acceptors (Lipinski definition) is 2. The summed E-state index contributed by atoms with van der Waals surface area (Å²) < 4.78 is 1.75. The number of hydrogen-bond donors (Lipinski definition) is 1. The van der Waals surface area contributed by atoms with Crippen LogP contribution in [0.5, 0.6) is 0 Å². The summed E-state index contributed by atoms with van der Waals surface area (Å²) in [4.78, 5) is 10.4. The van der Waals surface area contributed by atoms with E-state index in [4.69, 9.17) is 5.11 Å². The largest absolute Gasteiger partial charge is 0.481 e. The van der Waals surface area contributed by atoms with Crippen LogP contribution >= 0.6 is 0 Å². The molecule has 0 aliphatic carbocycles. The number of carboxylic acids is 1. The first-order valence-corrected chi connectivity index (χ1v) is 4.41. The van der Waals surface area contributed by atoms with Crippen molar-refractivity contribution in [3.8, 4) is 0 Å². The van der Waals surface area contributed by atoms with E-state index in [9.17, 15) is 4.79 Å². The molecule has 0 aliphatic rings. The van der Waals surface area contributed by atoms with Crippen LogP contribution in [0.4, 0.5) is 0 Å². The maximum absolute atomic E-state index is 10.4. The Labute approximate surface area is 80.8 Å². The van der Waals surface area contributed by atoms with Crippen LogP contribution in [0, 0.1) is 0 Å². The van der Waals surface area contributed by atoms with Crippen LogP contribution < -0.4 is 0 Å². The van der Waals surface area contributed by atoms with Crippen molar-refractivity contribution in [1.29, 1.82) is 0 Å². The fraction of sp³-hybridized carbons (Fsp3) is 0.200. The van der Waals surface area contributed by atoms with Gasteiger partial charge < -0.3 is 5.11 Å². The van der Waals surface area contributed by atoms with E-state index in [1.54, 1.807) is 4.52 Å². The zero-order valence-electron chi connectivity index (χ0n) is 7.55. The van der Waals surface area contributed by atoms with Gasteiger partial charge in [-0.2, -0.15) is 5.10 Å². The van der Waals surface area contributed by atoms with Crippen molar-refractivity contribution in [1.82, 2.24) is 9.61 Å². The fourth-order valence-electron chi connectivity index (χ4n) is 1.35. The molecule has 2 aromatic heterocycles. The van der Waals surface area contributed by atoms with E-state index in [-0.39, 0.29) is 6.42 Å². The van der Waals surface area contributed by atoms with Gasteiger partial charge in [-0.15, -0.1) is 0 Å². The topological polar surface area (TPSA) is 54.6 Å². The number of rotatable bonds is 3. The van der Waals surface area contributed by atoms with Crippen molar-refractivity contribution in [3.05, 3.63) is 36.2 Å². The lowest BCUT2D eigenvalue weighted by Gasteiger charge is -1.90. The molecule has 0 spiro atoms. The van der Waals surface area contributed by atoms with E-state index in [0.717, 1.165) is 11.2 Å². The summed E-state index contributed by atoms with van der Waals surface area (Å²) >= 11 is 0. The average Bonchev–Trinajstić information content (AvgIpc) is 2.57. The molecule has 0 aliphatic heterocycles. The Morgan fingerprint density at radius 3 is 3.07 bits per heavy atom. The Balaban J connectivity index is 2.22. The van der Waals surface area contributed by atoms with Crippen LogP contribution in [-0.2, 0) is 11.2 Å². The van der Waals surface area contributed by atoms with Gasteiger partial charge in [0.25, 0.3) is 0 Å². The Bertz CT molecular complexity index is 429. The van der Waals surface area contributed by atoms with Crippen molar-refractivity contribution in [3.63, 3.8) is 0 Å². The Morgan fingerprint density at radius 1 is 1.50 bits per heavy atom. The molecule has 2 rings (SSSR count). The van der Waals surface area contributed by atoms with Crippen LogP contribution in [0.2, 0.25) is 0 Å². The molecule has 0 unspecified atom stereocenters. The molecule has 0 saturated carbocycles. The fourth-order valence-corrected chi connectivity index (χ4v) is 1.35. The quantitative estimate of drug-likeness (QED) is 0.794. The highest BCUT2D eigenvalue weighted by Crippen LogP contribution is 2.07. The van der Waals surface area contributed by atoms with Gasteiger partial charge in [0.15, 0.2) is 0 Å². The molecule has 72 valence electrons. The first-order valence-electron chi connectivity index (χ1n) is 4.41. The van der Waals surface area contributed by atoms with Crippen LogP contribution in [-0.4, -0.2) is 20.7 Å². The molecule has 0 bridgehead atoms. The molecule has 2 heterocycles. The number of aromatic nitrogens is 2. The Morgan fingerprint density at radius 2 is 2.36 bits per heavy atom. The molecule has 4 heteroatoms. The molecular weight excluding hydrogens is 180 g/mol. The average molecular weight is 190 g/mol. The minimum absolute atomic E-state index is 0.129. The minimum atomic E-state index is -0.790.